The first-order chi connectivity index (χ1) is 6.97. The Bertz CT molecular complexity index is 259. The largest absolute Gasteiger partial charge is 0.469 e. The number of carbonyl (C=O) groups excluding carboxylic acids is 2. The van der Waals surface area contributed by atoms with Gasteiger partial charge in [-0.2, -0.15) is 0 Å². The summed E-state index contributed by atoms with van der Waals surface area (Å²) in [6, 6.07) is -0.0848. The second kappa shape index (κ2) is 4.61. The molecule has 0 aromatic rings. The molecule has 1 fully saturated rings. The molecule has 1 amide bonds. The maximum atomic E-state index is 11.5. The van der Waals surface area contributed by atoms with Gasteiger partial charge in [-0.15, -0.1) is 0 Å². The second-order valence-corrected chi connectivity index (χ2v) is 4.39. The third-order valence-electron chi connectivity index (χ3n) is 2.58. The van der Waals surface area contributed by atoms with E-state index in [9.17, 15) is 9.59 Å². The van der Waals surface area contributed by atoms with Crippen molar-refractivity contribution >= 4 is 11.9 Å². The van der Waals surface area contributed by atoms with Crippen molar-refractivity contribution in [3.8, 4) is 0 Å². The summed E-state index contributed by atoms with van der Waals surface area (Å²) >= 11 is 0. The van der Waals surface area contributed by atoms with Gasteiger partial charge in [0.15, 0.2) is 0 Å². The third kappa shape index (κ3) is 2.92. The molecule has 0 unspecified atom stereocenters. The molecule has 1 saturated heterocycles. The van der Waals surface area contributed by atoms with Crippen LogP contribution in [-0.4, -0.2) is 38.1 Å². The summed E-state index contributed by atoms with van der Waals surface area (Å²) in [5.74, 6) is -0.359. The number of nitrogens with one attached hydrogen (secondary N) is 2. The molecule has 1 aliphatic heterocycles. The molecule has 5 nitrogen and oxygen atoms in total. The van der Waals surface area contributed by atoms with Crippen LogP contribution < -0.4 is 10.6 Å². The average Bonchev–Trinajstić information content (AvgIpc) is 2.11. The SMILES string of the molecule is COC(=O)C(C)(C)CNC(=O)[C@H]1CCN1. The second-order valence-electron chi connectivity index (χ2n) is 4.39. The highest BCUT2D eigenvalue weighted by molar-refractivity contribution is 5.83. The van der Waals surface area contributed by atoms with Crippen molar-refractivity contribution < 1.29 is 14.3 Å². The highest BCUT2D eigenvalue weighted by Crippen LogP contribution is 2.15. The summed E-state index contributed by atoms with van der Waals surface area (Å²) in [4.78, 5) is 22.8. The van der Waals surface area contributed by atoms with Crippen LogP contribution in [0.4, 0.5) is 0 Å². The predicted octanol–water partition coefficient (Wildman–Crippen LogP) is -0.336. The van der Waals surface area contributed by atoms with Gasteiger partial charge in [-0.25, -0.2) is 0 Å². The number of hydrogen-bond acceptors (Lipinski definition) is 4. The van der Waals surface area contributed by atoms with Crippen molar-refractivity contribution in [1.82, 2.24) is 10.6 Å². The fraction of sp³-hybridized carbons (Fsp3) is 0.800. The van der Waals surface area contributed by atoms with Gasteiger partial charge in [0.2, 0.25) is 5.91 Å². The van der Waals surface area contributed by atoms with Gasteiger partial charge < -0.3 is 15.4 Å². The van der Waals surface area contributed by atoms with Crippen LogP contribution in [0.1, 0.15) is 20.3 Å². The van der Waals surface area contributed by atoms with Crippen LogP contribution >= 0.6 is 0 Å². The summed E-state index contributed by atoms with van der Waals surface area (Å²) < 4.78 is 4.64. The fourth-order valence-electron chi connectivity index (χ4n) is 1.29. The Balaban J connectivity index is 2.34. The normalized spacial score (nSPS) is 20.3. The van der Waals surface area contributed by atoms with Gasteiger partial charge in [0.05, 0.1) is 18.6 Å². The molecule has 0 spiro atoms. The summed E-state index contributed by atoms with van der Waals surface area (Å²) in [5, 5.41) is 5.73. The van der Waals surface area contributed by atoms with Crippen LogP contribution in [0.2, 0.25) is 0 Å². The van der Waals surface area contributed by atoms with Crippen molar-refractivity contribution in [3.63, 3.8) is 0 Å². The van der Waals surface area contributed by atoms with E-state index in [0.717, 1.165) is 13.0 Å². The molecule has 5 heteroatoms. The van der Waals surface area contributed by atoms with Crippen molar-refractivity contribution in [2.75, 3.05) is 20.2 Å². The van der Waals surface area contributed by atoms with E-state index in [1.807, 2.05) is 0 Å². The molecule has 86 valence electrons. The molecule has 0 saturated carbocycles. The zero-order valence-corrected chi connectivity index (χ0v) is 9.42. The molecular weight excluding hydrogens is 196 g/mol. The standard InChI is InChI=1S/C10H18N2O3/c1-10(2,9(14)15-3)6-12-8(13)7-4-5-11-7/h7,11H,4-6H2,1-3H3,(H,12,13)/t7-/m1/s1. The number of rotatable bonds is 4. The molecule has 1 heterocycles. The first-order valence-electron chi connectivity index (χ1n) is 5.07. The Kier molecular flexibility index (Phi) is 3.68. The minimum absolute atomic E-state index is 0.0433. The summed E-state index contributed by atoms with van der Waals surface area (Å²) in [6.45, 7) is 4.68. The first-order valence-corrected chi connectivity index (χ1v) is 5.07. The number of amides is 1. The molecule has 1 aliphatic rings. The highest BCUT2D eigenvalue weighted by atomic mass is 16.5. The highest BCUT2D eigenvalue weighted by Gasteiger charge is 2.31. The fourth-order valence-corrected chi connectivity index (χ4v) is 1.29. The molecule has 1 atom stereocenters. The predicted molar refractivity (Wildman–Crippen MR) is 55.2 cm³/mol. The summed E-state index contributed by atoms with van der Waals surface area (Å²) in [7, 11) is 1.35. The van der Waals surface area contributed by atoms with E-state index in [1.54, 1.807) is 13.8 Å². The quantitative estimate of drug-likeness (QED) is 0.628. The maximum absolute atomic E-state index is 11.5. The third-order valence-corrected chi connectivity index (χ3v) is 2.58. The maximum Gasteiger partial charge on any atom is 0.313 e. The zero-order chi connectivity index (χ0) is 11.5. The Labute approximate surface area is 89.6 Å². The van der Waals surface area contributed by atoms with Gasteiger partial charge in [-0.05, 0) is 26.8 Å². The monoisotopic (exact) mass is 214 g/mol. The summed E-state index contributed by atoms with van der Waals surface area (Å²) in [5.41, 5.74) is -0.672. The Morgan fingerprint density at radius 1 is 1.53 bits per heavy atom. The van der Waals surface area contributed by atoms with Crippen LogP contribution in [0.5, 0.6) is 0 Å². The zero-order valence-electron chi connectivity index (χ0n) is 9.42. The molecular formula is C10H18N2O3. The number of ether oxygens (including phenoxy) is 1. The molecule has 2 N–H and O–H groups in total. The van der Waals surface area contributed by atoms with E-state index in [-0.39, 0.29) is 17.9 Å². The molecule has 0 aliphatic carbocycles. The lowest BCUT2D eigenvalue weighted by Crippen LogP contribution is -2.54. The molecule has 0 radical (unpaired) electrons. The van der Waals surface area contributed by atoms with Crippen LogP contribution in [0, 0.1) is 5.41 Å². The molecule has 0 aromatic carbocycles. The minimum Gasteiger partial charge on any atom is -0.469 e. The number of esters is 1. The van der Waals surface area contributed by atoms with Gasteiger partial charge in [-0.1, -0.05) is 0 Å². The van der Waals surface area contributed by atoms with E-state index in [1.165, 1.54) is 7.11 Å². The van der Waals surface area contributed by atoms with Crippen LogP contribution in [-0.2, 0) is 14.3 Å². The lowest BCUT2D eigenvalue weighted by molar-refractivity contribution is -0.150. The van der Waals surface area contributed by atoms with E-state index < -0.39 is 5.41 Å². The first kappa shape index (κ1) is 12.0. The lowest BCUT2D eigenvalue weighted by Gasteiger charge is -2.28. The van der Waals surface area contributed by atoms with Crippen molar-refractivity contribution in [1.29, 1.82) is 0 Å². The molecule has 15 heavy (non-hydrogen) atoms. The van der Waals surface area contributed by atoms with Crippen LogP contribution in [0.25, 0.3) is 0 Å². The Morgan fingerprint density at radius 3 is 2.53 bits per heavy atom. The number of hydrogen-bond donors (Lipinski definition) is 2. The topological polar surface area (TPSA) is 67.4 Å². The van der Waals surface area contributed by atoms with Gasteiger partial charge in [-0.3, -0.25) is 9.59 Å². The molecule has 0 aromatic heterocycles. The summed E-state index contributed by atoms with van der Waals surface area (Å²) in [6.07, 6.45) is 0.866. The number of carbonyl (C=O) groups is 2. The van der Waals surface area contributed by atoms with Crippen molar-refractivity contribution in [2.45, 2.75) is 26.3 Å². The number of methoxy groups -OCH3 is 1. The molecule has 1 rings (SSSR count). The smallest absolute Gasteiger partial charge is 0.313 e. The van der Waals surface area contributed by atoms with Crippen LogP contribution in [0.3, 0.4) is 0 Å². The minimum atomic E-state index is -0.672. The van der Waals surface area contributed by atoms with E-state index in [0.29, 0.717) is 6.54 Å². The Hall–Kier alpha value is -1.10. The van der Waals surface area contributed by atoms with Gasteiger partial charge in [0, 0.05) is 6.54 Å². The van der Waals surface area contributed by atoms with E-state index >= 15 is 0 Å². The van der Waals surface area contributed by atoms with Crippen molar-refractivity contribution in [3.05, 3.63) is 0 Å². The van der Waals surface area contributed by atoms with Gasteiger partial charge in [0.1, 0.15) is 0 Å². The van der Waals surface area contributed by atoms with Crippen molar-refractivity contribution in [2.24, 2.45) is 5.41 Å². The lowest BCUT2D eigenvalue weighted by atomic mass is 9.93. The van der Waals surface area contributed by atoms with Gasteiger partial charge >= 0.3 is 5.97 Å². The van der Waals surface area contributed by atoms with Crippen LogP contribution in [0.15, 0.2) is 0 Å². The van der Waals surface area contributed by atoms with E-state index in [4.69, 9.17) is 0 Å². The average molecular weight is 214 g/mol. The Morgan fingerprint density at radius 2 is 2.13 bits per heavy atom. The molecule has 0 bridgehead atoms. The van der Waals surface area contributed by atoms with E-state index in [2.05, 4.69) is 15.4 Å². The van der Waals surface area contributed by atoms with Gasteiger partial charge in [0.25, 0.3) is 0 Å².